The Hall–Kier alpha value is -3.03. The zero-order valence-corrected chi connectivity index (χ0v) is 17.7. The van der Waals surface area contributed by atoms with Crippen molar-refractivity contribution in [1.29, 1.82) is 0 Å². The first-order chi connectivity index (χ1) is 14.4. The summed E-state index contributed by atoms with van der Waals surface area (Å²) in [6, 6.07) is 21.6. The Balaban J connectivity index is 0.00000101. The number of carboxylic acid groups (broad SMARTS) is 1. The minimum atomic E-state index is -3.16. The van der Waals surface area contributed by atoms with E-state index in [1.165, 1.54) is 17.4 Å². The van der Waals surface area contributed by atoms with Crippen molar-refractivity contribution in [3.63, 3.8) is 0 Å². The Bertz CT molecular complexity index is 992. The van der Waals surface area contributed by atoms with Gasteiger partial charge in [-0.3, -0.25) is 14.7 Å². The van der Waals surface area contributed by atoms with Gasteiger partial charge in [0.15, 0.2) is 9.84 Å². The topological polar surface area (TPSA) is 87.6 Å². The first-order valence-corrected chi connectivity index (χ1v) is 11.3. The number of rotatable bonds is 8. The maximum Gasteiger partial charge on any atom is 0.290 e. The third-order valence-electron chi connectivity index (χ3n) is 4.45. The van der Waals surface area contributed by atoms with E-state index in [4.69, 9.17) is 9.90 Å². The molecule has 0 bridgehead atoms. The first-order valence-electron chi connectivity index (χ1n) is 9.44. The molecule has 0 aliphatic carbocycles. The van der Waals surface area contributed by atoms with Gasteiger partial charge in [-0.1, -0.05) is 48.5 Å². The van der Waals surface area contributed by atoms with Crippen molar-refractivity contribution in [2.45, 2.75) is 24.4 Å². The second kappa shape index (κ2) is 11.8. The largest absolute Gasteiger partial charge is 0.483 e. The summed E-state index contributed by atoms with van der Waals surface area (Å²) in [5.74, 6) is 0. The number of hydrogen-bond donors (Lipinski definition) is 1. The molecular formula is C23H26N2O4S. The molecule has 0 aliphatic rings. The number of pyridine rings is 1. The summed E-state index contributed by atoms with van der Waals surface area (Å²) in [7, 11) is -3.16. The average molecular weight is 427 g/mol. The van der Waals surface area contributed by atoms with Crippen LogP contribution in [0.1, 0.15) is 16.7 Å². The smallest absolute Gasteiger partial charge is 0.290 e. The highest BCUT2D eigenvalue weighted by Crippen LogP contribution is 2.14. The van der Waals surface area contributed by atoms with Crippen LogP contribution in [-0.4, -0.2) is 42.7 Å². The van der Waals surface area contributed by atoms with E-state index < -0.39 is 9.84 Å². The van der Waals surface area contributed by atoms with Crippen molar-refractivity contribution < 1.29 is 18.3 Å². The molecule has 0 saturated carbocycles. The van der Waals surface area contributed by atoms with E-state index in [9.17, 15) is 8.42 Å². The molecule has 3 rings (SSSR count). The number of hydrogen-bond acceptors (Lipinski definition) is 5. The van der Waals surface area contributed by atoms with Crippen LogP contribution in [0.2, 0.25) is 0 Å². The van der Waals surface area contributed by atoms with Crippen LogP contribution in [0.3, 0.4) is 0 Å². The highest BCUT2D eigenvalue weighted by Gasteiger charge is 2.10. The van der Waals surface area contributed by atoms with E-state index in [-0.39, 0.29) is 6.47 Å². The van der Waals surface area contributed by atoms with E-state index in [2.05, 4.69) is 40.2 Å². The lowest BCUT2D eigenvalue weighted by atomic mass is 10.1. The molecule has 0 aliphatic heterocycles. The van der Waals surface area contributed by atoms with Gasteiger partial charge in [-0.15, -0.1) is 0 Å². The number of aromatic nitrogens is 1. The van der Waals surface area contributed by atoms with Gasteiger partial charge in [-0.25, -0.2) is 8.42 Å². The number of nitrogens with zero attached hydrogens (tertiary/aromatic N) is 2. The maximum absolute atomic E-state index is 11.6. The molecule has 2 aromatic carbocycles. The molecule has 0 amide bonds. The highest BCUT2D eigenvalue weighted by molar-refractivity contribution is 7.90. The lowest BCUT2D eigenvalue weighted by Gasteiger charge is -2.22. The molecule has 0 atom stereocenters. The summed E-state index contributed by atoms with van der Waals surface area (Å²) in [5.41, 5.74) is 3.57. The molecule has 0 fully saturated rings. The maximum atomic E-state index is 11.6. The van der Waals surface area contributed by atoms with Gasteiger partial charge in [-0.05, 0) is 41.3 Å². The second-order valence-corrected chi connectivity index (χ2v) is 8.84. The minimum Gasteiger partial charge on any atom is -0.483 e. The van der Waals surface area contributed by atoms with Crippen molar-refractivity contribution in [1.82, 2.24) is 9.88 Å². The molecular weight excluding hydrogens is 400 g/mol. The molecule has 0 radical (unpaired) electrons. The molecule has 0 spiro atoms. The molecule has 7 heteroatoms. The SMILES string of the molecule is CS(=O)(=O)c1ccc(CN(CCc2ccccc2)Cc2cccnc2)cc1.O=CO. The van der Waals surface area contributed by atoms with Gasteiger partial charge in [0, 0.05) is 38.3 Å². The lowest BCUT2D eigenvalue weighted by Crippen LogP contribution is -2.25. The lowest BCUT2D eigenvalue weighted by molar-refractivity contribution is -0.122. The molecule has 30 heavy (non-hydrogen) atoms. The van der Waals surface area contributed by atoms with Gasteiger partial charge in [0.05, 0.1) is 4.90 Å². The van der Waals surface area contributed by atoms with E-state index in [0.29, 0.717) is 4.90 Å². The van der Waals surface area contributed by atoms with Crippen molar-refractivity contribution in [3.05, 3.63) is 95.8 Å². The summed E-state index contributed by atoms with van der Waals surface area (Å²) < 4.78 is 23.3. The predicted molar refractivity (Wildman–Crippen MR) is 117 cm³/mol. The first kappa shape index (κ1) is 23.3. The molecule has 3 aromatic rings. The van der Waals surface area contributed by atoms with Crippen LogP contribution in [0.4, 0.5) is 0 Å². The Morgan fingerprint density at radius 1 is 0.900 bits per heavy atom. The third-order valence-corrected chi connectivity index (χ3v) is 5.57. The van der Waals surface area contributed by atoms with Crippen LogP contribution in [0.15, 0.2) is 84.0 Å². The fourth-order valence-corrected chi connectivity index (χ4v) is 3.63. The van der Waals surface area contributed by atoms with Gasteiger partial charge >= 0.3 is 0 Å². The fourth-order valence-electron chi connectivity index (χ4n) is 3.00. The molecule has 0 unspecified atom stereocenters. The summed E-state index contributed by atoms with van der Waals surface area (Å²) in [6.07, 6.45) is 5.86. The van der Waals surface area contributed by atoms with Crippen LogP contribution in [0.5, 0.6) is 0 Å². The predicted octanol–water partition coefficient (Wildman–Crippen LogP) is 3.43. The highest BCUT2D eigenvalue weighted by atomic mass is 32.2. The Labute approximate surface area is 177 Å². The normalized spacial score (nSPS) is 10.9. The van der Waals surface area contributed by atoms with Gasteiger partial charge in [-0.2, -0.15) is 0 Å². The van der Waals surface area contributed by atoms with Crippen molar-refractivity contribution in [2.75, 3.05) is 12.8 Å². The van der Waals surface area contributed by atoms with Crippen molar-refractivity contribution >= 4 is 16.3 Å². The van der Waals surface area contributed by atoms with Crippen LogP contribution < -0.4 is 0 Å². The van der Waals surface area contributed by atoms with Crippen molar-refractivity contribution in [3.8, 4) is 0 Å². The molecule has 1 N–H and O–H groups in total. The summed E-state index contributed by atoms with van der Waals surface area (Å²) >= 11 is 0. The van der Waals surface area contributed by atoms with E-state index in [1.54, 1.807) is 18.3 Å². The molecule has 158 valence electrons. The number of carbonyl (C=O) groups is 1. The summed E-state index contributed by atoms with van der Waals surface area (Å²) in [5, 5.41) is 6.89. The monoisotopic (exact) mass is 426 g/mol. The average Bonchev–Trinajstić information content (AvgIpc) is 2.74. The van der Waals surface area contributed by atoms with Crippen LogP contribution in [0, 0.1) is 0 Å². The molecule has 6 nitrogen and oxygen atoms in total. The van der Waals surface area contributed by atoms with Crippen LogP contribution in [0.25, 0.3) is 0 Å². The second-order valence-electron chi connectivity index (χ2n) is 6.83. The third kappa shape index (κ3) is 8.14. The van der Waals surface area contributed by atoms with Crippen molar-refractivity contribution in [2.24, 2.45) is 0 Å². The zero-order valence-electron chi connectivity index (χ0n) is 16.9. The van der Waals surface area contributed by atoms with Gasteiger partial charge in [0.2, 0.25) is 0 Å². The van der Waals surface area contributed by atoms with E-state index in [1.807, 2.05) is 30.5 Å². The summed E-state index contributed by atoms with van der Waals surface area (Å²) in [6.45, 7) is 2.22. The summed E-state index contributed by atoms with van der Waals surface area (Å²) in [4.78, 5) is 15.3. The van der Waals surface area contributed by atoms with Gasteiger partial charge in [0.25, 0.3) is 6.47 Å². The molecule has 1 aromatic heterocycles. The van der Waals surface area contributed by atoms with Gasteiger partial charge < -0.3 is 5.11 Å². The Kier molecular flexibility index (Phi) is 9.18. The Morgan fingerprint density at radius 2 is 1.50 bits per heavy atom. The van der Waals surface area contributed by atoms with E-state index in [0.717, 1.165) is 31.6 Å². The number of benzene rings is 2. The zero-order chi connectivity index (χ0) is 21.8. The standard InChI is InChI=1S/C22H24N2O2S.CH2O2/c1-27(25,26)22-11-9-20(10-12-22)17-24(18-21-8-5-14-23-16-21)15-13-19-6-3-2-4-7-19;2-1-3/h2-12,14,16H,13,15,17-18H2,1H3;1H,(H,2,3). The van der Waals surface area contributed by atoms with Crippen LogP contribution in [-0.2, 0) is 34.1 Å². The minimum absolute atomic E-state index is 0.250. The molecule has 0 saturated heterocycles. The quantitative estimate of drug-likeness (QED) is 0.555. The molecule has 1 heterocycles. The van der Waals surface area contributed by atoms with Gasteiger partial charge in [0.1, 0.15) is 0 Å². The van der Waals surface area contributed by atoms with E-state index >= 15 is 0 Å². The Morgan fingerprint density at radius 3 is 2.07 bits per heavy atom. The van der Waals surface area contributed by atoms with Crippen LogP contribution >= 0.6 is 0 Å². The number of sulfone groups is 1. The fraction of sp³-hybridized carbons (Fsp3) is 0.217.